The number of carbonyl (C=O) groups excluding carboxylic acids is 1. The molecule has 4 heteroatoms. The van der Waals surface area contributed by atoms with E-state index in [0.717, 1.165) is 36.1 Å². The van der Waals surface area contributed by atoms with E-state index in [-0.39, 0.29) is 11.9 Å². The van der Waals surface area contributed by atoms with Gasteiger partial charge in [-0.3, -0.25) is 4.79 Å². The number of aromatic nitrogens is 1. The van der Waals surface area contributed by atoms with Gasteiger partial charge in [-0.15, -0.1) is 0 Å². The Morgan fingerprint density at radius 1 is 1.30 bits per heavy atom. The molecule has 0 aliphatic heterocycles. The molecular formula is C16H27BrN2O. The van der Waals surface area contributed by atoms with E-state index in [1.54, 1.807) is 0 Å². The first kappa shape index (κ1) is 17.3. The zero-order valence-electron chi connectivity index (χ0n) is 13.3. The van der Waals surface area contributed by atoms with Crippen molar-refractivity contribution in [2.45, 2.75) is 53.5 Å². The van der Waals surface area contributed by atoms with E-state index in [4.69, 9.17) is 0 Å². The van der Waals surface area contributed by atoms with Gasteiger partial charge < -0.3 is 9.47 Å². The smallest absolute Gasteiger partial charge is 0.270 e. The third-order valence-electron chi connectivity index (χ3n) is 3.89. The second-order valence-corrected chi connectivity index (χ2v) is 6.49. The molecule has 0 fully saturated rings. The normalized spacial score (nSPS) is 11.4. The minimum Gasteiger partial charge on any atom is -0.340 e. The molecule has 114 valence electrons. The third kappa shape index (κ3) is 4.11. The van der Waals surface area contributed by atoms with E-state index in [1.165, 1.54) is 0 Å². The number of hydrogen-bond acceptors (Lipinski definition) is 1. The van der Waals surface area contributed by atoms with Gasteiger partial charge in [-0.2, -0.15) is 0 Å². The zero-order valence-corrected chi connectivity index (χ0v) is 14.9. The van der Waals surface area contributed by atoms with Crippen LogP contribution in [-0.4, -0.2) is 28.5 Å². The highest BCUT2D eigenvalue weighted by Gasteiger charge is 2.21. The van der Waals surface area contributed by atoms with Gasteiger partial charge in [0.15, 0.2) is 0 Å². The van der Waals surface area contributed by atoms with Crippen LogP contribution in [0.15, 0.2) is 16.7 Å². The summed E-state index contributed by atoms with van der Waals surface area (Å²) in [5.74, 6) is 0.726. The summed E-state index contributed by atoms with van der Waals surface area (Å²) in [4.78, 5) is 14.7. The fourth-order valence-electron chi connectivity index (χ4n) is 2.42. The van der Waals surface area contributed by atoms with E-state index in [9.17, 15) is 4.79 Å². The molecule has 1 aromatic heterocycles. The van der Waals surface area contributed by atoms with Crippen LogP contribution in [0, 0.1) is 5.92 Å². The Balaban J connectivity index is 2.96. The Hall–Kier alpha value is -0.770. The molecule has 3 nitrogen and oxygen atoms in total. The quantitative estimate of drug-likeness (QED) is 0.703. The molecule has 20 heavy (non-hydrogen) atoms. The molecule has 0 N–H and O–H groups in total. The monoisotopic (exact) mass is 342 g/mol. The summed E-state index contributed by atoms with van der Waals surface area (Å²) >= 11 is 3.48. The lowest BCUT2D eigenvalue weighted by atomic mass is 10.0. The molecule has 1 rings (SSSR count). The minimum atomic E-state index is 0.138. The van der Waals surface area contributed by atoms with Gasteiger partial charge in [0.2, 0.25) is 0 Å². The number of rotatable bonds is 7. The standard InChI is InChI=1S/C16H27BrN2O/c1-6-13(7-2)10-18(8-3)16(20)15-9-14(17)11-19(15)12(4)5/h9,11-13H,6-8,10H2,1-5H3. The first-order valence-corrected chi connectivity index (χ1v) is 8.40. The summed E-state index contributed by atoms with van der Waals surface area (Å²) < 4.78 is 3.01. The molecule has 0 saturated carbocycles. The van der Waals surface area contributed by atoms with Gasteiger partial charge in [0.1, 0.15) is 5.69 Å². The van der Waals surface area contributed by atoms with Gasteiger partial charge in [0.05, 0.1) is 0 Å². The maximum atomic E-state index is 12.8. The van der Waals surface area contributed by atoms with Crippen LogP contribution in [0.1, 0.15) is 64.0 Å². The van der Waals surface area contributed by atoms with Gasteiger partial charge in [0.25, 0.3) is 5.91 Å². The van der Waals surface area contributed by atoms with Crippen molar-refractivity contribution in [1.82, 2.24) is 9.47 Å². The Morgan fingerprint density at radius 3 is 2.35 bits per heavy atom. The molecule has 0 spiro atoms. The molecule has 0 atom stereocenters. The van der Waals surface area contributed by atoms with Crippen molar-refractivity contribution >= 4 is 21.8 Å². The highest BCUT2D eigenvalue weighted by Crippen LogP contribution is 2.21. The largest absolute Gasteiger partial charge is 0.340 e. The highest BCUT2D eigenvalue weighted by atomic mass is 79.9. The van der Waals surface area contributed by atoms with Crippen LogP contribution in [0.25, 0.3) is 0 Å². The van der Waals surface area contributed by atoms with Crippen molar-refractivity contribution in [2.75, 3.05) is 13.1 Å². The van der Waals surface area contributed by atoms with Crippen molar-refractivity contribution in [2.24, 2.45) is 5.92 Å². The summed E-state index contributed by atoms with van der Waals surface area (Å²) in [5.41, 5.74) is 0.777. The summed E-state index contributed by atoms with van der Waals surface area (Å²) in [6.07, 6.45) is 4.23. The van der Waals surface area contributed by atoms with Crippen molar-refractivity contribution < 1.29 is 4.79 Å². The average molecular weight is 343 g/mol. The van der Waals surface area contributed by atoms with Crippen LogP contribution >= 0.6 is 15.9 Å². The summed E-state index contributed by atoms with van der Waals surface area (Å²) in [6, 6.07) is 2.21. The lowest BCUT2D eigenvalue weighted by molar-refractivity contribution is 0.0722. The van der Waals surface area contributed by atoms with Gasteiger partial charge >= 0.3 is 0 Å². The fraction of sp³-hybridized carbons (Fsp3) is 0.688. The number of hydrogen-bond donors (Lipinski definition) is 0. The van der Waals surface area contributed by atoms with E-state index >= 15 is 0 Å². The molecule has 0 radical (unpaired) electrons. The molecule has 0 unspecified atom stereocenters. The maximum absolute atomic E-state index is 12.8. The van der Waals surface area contributed by atoms with E-state index in [1.807, 2.05) is 21.7 Å². The van der Waals surface area contributed by atoms with E-state index in [2.05, 4.69) is 50.5 Å². The van der Waals surface area contributed by atoms with Gasteiger partial charge in [-0.1, -0.05) is 26.7 Å². The second kappa shape index (κ2) is 7.87. The molecule has 0 bridgehead atoms. The molecule has 0 aromatic carbocycles. The highest BCUT2D eigenvalue weighted by molar-refractivity contribution is 9.10. The summed E-state index contributed by atoms with van der Waals surface area (Å²) in [7, 11) is 0. The molecule has 0 aliphatic carbocycles. The minimum absolute atomic E-state index is 0.138. The molecule has 1 heterocycles. The first-order chi connectivity index (χ1) is 9.44. The summed E-state index contributed by atoms with van der Waals surface area (Å²) in [6.45, 7) is 12.2. The first-order valence-electron chi connectivity index (χ1n) is 7.61. The van der Waals surface area contributed by atoms with Crippen LogP contribution in [-0.2, 0) is 0 Å². The zero-order chi connectivity index (χ0) is 15.3. The van der Waals surface area contributed by atoms with Crippen molar-refractivity contribution in [3.63, 3.8) is 0 Å². The topological polar surface area (TPSA) is 25.2 Å². The van der Waals surface area contributed by atoms with Crippen LogP contribution in [0.3, 0.4) is 0 Å². The van der Waals surface area contributed by atoms with Crippen LogP contribution < -0.4 is 0 Å². The number of halogens is 1. The number of carbonyl (C=O) groups is 1. The maximum Gasteiger partial charge on any atom is 0.270 e. The third-order valence-corrected chi connectivity index (χ3v) is 4.33. The Kier molecular flexibility index (Phi) is 6.80. The van der Waals surface area contributed by atoms with Crippen LogP contribution in [0.4, 0.5) is 0 Å². The Morgan fingerprint density at radius 2 is 1.90 bits per heavy atom. The number of amides is 1. The molecular weight excluding hydrogens is 316 g/mol. The molecule has 0 aliphatic rings. The number of nitrogens with zero attached hydrogens (tertiary/aromatic N) is 2. The second-order valence-electron chi connectivity index (χ2n) is 5.57. The Labute approximate surface area is 131 Å². The van der Waals surface area contributed by atoms with E-state index < -0.39 is 0 Å². The Bertz CT molecular complexity index is 436. The van der Waals surface area contributed by atoms with Crippen molar-refractivity contribution in [3.8, 4) is 0 Å². The van der Waals surface area contributed by atoms with Crippen LogP contribution in [0.5, 0.6) is 0 Å². The predicted octanol–water partition coefficient (Wildman–Crippen LogP) is 4.73. The molecule has 0 saturated heterocycles. The van der Waals surface area contributed by atoms with E-state index in [0.29, 0.717) is 5.92 Å². The average Bonchev–Trinajstić information content (AvgIpc) is 2.82. The lowest BCUT2D eigenvalue weighted by Gasteiger charge is -2.26. The lowest BCUT2D eigenvalue weighted by Crippen LogP contribution is -2.36. The van der Waals surface area contributed by atoms with Gasteiger partial charge in [0, 0.05) is 29.8 Å². The van der Waals surface area contributed by atoms with Crippen LogP contribution in [0.2, 0.25) is 0 Å². The fourth-order valence-corrected chi connectivity index (χ4v) is 2.86. The van der Waals surface area contributed by atoms with Gasteiger partial charge in [-0.05, 0) is 48.7 Å². The van der Waals surface area contributed by atoms with Crippen molar-refractivity contribution in [1.29, 1.82) is 0 Å². The molecule has 1 amide bonds. The predicted molar refractivity (Wildman–Crippen MR) is 88.2 cm³/mol. The SMILES string of the molecule is CCC(CC)CN(CC)C(=O)c1cc(Br)cn1C(C)C. The van der Waals surface area contributed by atoms with Gasteiger partial charge in [-0.25, -0.2) is 0 Å². The van der Waals surface area contributed by atoms with Crippen molar-refractivity contribution in [3.05, 3.63) is 22.4 Å². The molecule has 1 aromatic rings. The summed E-state index contributed by atoms with van der Waals surface area (Å²) in [5, 5.41) is 0.